The molecule has 0 rings (SSSR count). The molecule has 18 heavy (non-hydrogen) atoms. The normalized spacial score (nSPS) is 9.83. The molecule has 0 aliphatic carbocycles. The van der Waals surface area contributed by atoms with Crippen LogP contribution in [0, 0.1) is 0 Å². The summed E-state index contributed by atoms with van der Waals surface area (Å²) in [5, 5.41) is 0. The van der Waals surface area contributed by atoms with Crippen LogP contribution in [0.3, 0.4) is 0 Å². The van der Waals surface area contributed by atoms with E-state index >= 15 is 0 Å². The van der Waals surface area contributed by atoms with Gasteiger partial charge in [-0.1, -0.05) is 33.7 Å². The quantitative estimate of drug-likeness (QED) is 0.274. The molecule has 0 aromatic heterocycles. The standard InChI is InChI=1S/2Al.3ClH2O3P.H2O/c;;3*1-5(2,3)4;/h;;3*(H2,2,3,4);1H2/q2*+3;;;;/p-6. The molecule has 0 unspecified atom stereocenters. The summed E-state index contributed by atoms with van der Waals surface area (Å²) in [6.45, 7) is -14.0. The van der Waals surface area contributed by atoms with Crippen LogP contribution in [0.2, 0.25) is 0 Å². The Balaban J connectivity index is -0.0000000277. The van der Waals surface area contributed by atoms with Gasteiger partial charge in [-0.25, -0.2) is 0 Å². The first kappa shape index (κ1) is 37.0. The molecule has 0 aliphatic heterocycles. The summed E-state index contributed by atoms with van der Waals surface area (Å²) in [7, 11) is 0. The van der Waals surface area contributed by atoms with Crippen LogP contribution in [-0.4, -0.2) is 40.2 Å². The number of hydrogen-bond donors (Lipinski definition) is 0. The Kier molecular flexibility index (Phi) is 32.3. The van der Waals surface area contributed by atoms with E-state index in [-0.39, 0.29) is 40.2 Å². The Labute approximate surface area is 137 Å². The minimum atomic E-state index is -4.67. The minimum Gasteiger partial charge on any atom is -0.799 e. The monoisotopic (exact) mass is 414 g/mol. The Morgan fingerprint density at radius 2 is 0.556 bits per heavy atom. The molecule has 0 atom stereocenters. The third kappa shape index (κ3) is 1000. The topological polar surface area (TPSA) is 221 Å². The van der Waals surface area contributed by atoms with Gasteiger partial charge in [-0.2, -0.15) is 0 Å². The summed E-state index contributed by atoms with van der Waals surface area (Å²) >= 11 is 11.9. The van der Waals surface area contributed by atoms with Crippen molar-refractivity contribution in [3.63, 3.8) is 0 Å². The van der Waals surface area contributed by atoms with E-state index in [0.29, 0.717) is 0 Å². The zero-order chi connectivity index (χ0) is 13.5. The summed E-state index contributed by atoms with van der Waals surface area (Å²) in [5.41, 5.74) is 0. The summed E-state index contributed by atoms with van der Waals surface area (Å²) in [4.78, 5) is 53.2. The summed E-state index contributed by atoms with van der Waals surface area (Å²) < 4.78 is 26.6. The predicted octanol–water partition coefficient (Wildman–Crippen LogP) is -4.42. The second-order valence-electron chi connectivity index (χ2n) is 1.29. The van der Waals surface area contributed by atoms with Crippen molar-refractivity contribution in [3.05, 3.63) is 0 Å². The van der Waals surface area contributed by atoms with Crippen molar-refractivity contribution in [2.45, 2.75) is 0 Å². The predicted molar refractivity (Wildman–Crippen MR) is 55.5 cm³/mol. The van der Waals surface area contributed by atoms with Crippen LogP contribution in [-0.2, 0) is 13.7 Å². The van der Waals surface area contributed by atoms with Gasteiger partial charge in [0.15, 0.2) is 0 Å². The SMILES string of the molecule is O.O=P([O-])([O-])Cl.O=P([O-])([O-])Cl.O=P([O-])([O-])Cl.[Al+3].[Al+3]. The van der Waals surface area contributed by atoms with Gasteiger partial charge in [-0.3, -0.25) is 0 Å². The number of halogens is 3. The third-order valence-electron chi connectivity index (χ3n) is 0. The molecule has 0 aromatic rings. The Bertz CT molecular complexity index is 216. The van der Waals surface area contributed by atoms with Crippen molar-refractivity contribution >= 4 is 89.3 Å². The largest absolute Gasteiger partial charge is 3.00 e. The summed E-state index contributed by atoms with van der Waals surface area (Å²) in [6.07, 6.45) is 0. The first-order valence-electron chi connectivity index (χ1n) is 2.15. The molecular weight excluding hydrogens is 413 g/mol. The maximum Gasteiger partial charge on any atom is 3.00 e. The second kappa shape index (κ2) is 15.7. The molecule has 18 heteroatoms. The van der Waals surface area contributed by atoms with E-state index in [1.807, 2.05) is 0 Å². The third-order valence-corrected chi connectivity index (χ3v) is 0. The molecule has 0 aliphatic rings. The van der Waals surface area contributed by atoms with Gasteiger partial charge in [0.2, 0.25) is 0 Å². The molecule has 0 saturated heterocycles. The maximum atomic E-state index is 8.87. The second-order valence-corrected chi connectivity index (χ2v) is 7.60. The smallest absolute Gasteiger partial charge is 0.799 e. The molecule has 0 heterocycles. The van der Waals surface area contributed by atoms with Crippen LogP contribution in [0.15, 0.2) is 0 Å². The van der Waals surface area contributed by atoms with E-state index in [0.717, 1.165) is 0 Å². The van der Waals surface area contributed by atoms with Gasteiger partial charge in [-0.05, 0) is 0 Å². The Hall–Kier alpha value is 2.34. The molecule has 0 bridgehead atoms. The van der Waals surface area contributed by atoms with Gasteiger partial charge in [0.25, 0.3) is 0 Å². The fraction of sp³-hybridized carbons (Fsp3) is 0. The van der Waals surface area contributed by atoms with Crippen molar-refractivity contribution < 1.29 is 48.5 Å². The van der Waals surface area contributed by atoms with Crippen molar-refractivity contribution in [2.24, 2.45) is 0 Å². The molecule has 0 spiro atoms. The molecular formula is H2Al2Cl3O10P3. The summed E-state index contributed by atoms with van der Waals surface area (Å²) in [6, 6.07) is 0. The van der Waals surface area contributed by atoms with Gasteiger partial charge in [0.1, 0.15) is 0 Å². The van der Waals surface area contributed by atoms with Crippen LogP contribution < -0.4 is 29.4 Å². The van der Waals surface area contributed by atoms with Gasteiger partial charge in [0, 0.05) is 20.8 Å². The first-order valence-corrected chi connectivity index (χ1v) is 9.49. The van der Waals surface area contributed by atoms with Gasteiger partial charge in [0.05, 0.1) is 0 Å². The van der Waals surface area contributed by atoms with E-state index < -0.39 is 20.8 Å². The van der Waals surface area contributed by atoms with Crippen LogP contribution >= 0.6 is 54.6 Å². The minimum absolute atomic E-state index is 0. The molecule has 0 amide bonds. The van der Waals surface area contributed by atoms with Crippen LogP contribution in [0.5, 0.6) is 0 Å². The zero-order valence-electron chi connectivity index (χ0n) is 7.80. The molecule has 10 nitrogen and oxygen atoms in total. The molecule has 0 fully saturated rings. The van der Waals surface area contributed by atoms with Crippen molar-refractivity contribution in [1.82, 2.24) is 0 Å². The fourth-order valence-corrected chi connectivity index (χ4v) is 0. The molecule has 2 N–H and O–H groups in total. The number of hydrogen-bond acceptors (Lipinski definition) is 9. The van der Waals surface area contributed by atoms with E-state index in [4.69, 9.17) is 43.1 Å². The Morgan fingerprint density at radius 3 is 0.556 bits per heavy atom. The van der Waals surface area contributed by atoms with E-state index in [2.05, 4.69) is 33.7 Å². The van der Waals surface area contributed by atoms with Gasteiger partial charge in [-0.15, -0.1) is 0 Å². The average Bonchev–Trinajstić information content (AvgIpc) is 1.41. The zero-order valence-corrected chi connectivity index (χ0v) is 15.1. The van der Waals surface area contributed by atoms with Crippen molar-refractivity contribution in [3.8, 4) is 0 Å². The van der Waals surface area contributed by atoms with Crippen LogP contribution in [0.25, 0.3) is 0 Å². The molecule has 104 valence electrons. The first-order chi connectivity index (χ1) is 6.00. The van der Waals surface area contributed by atoms with Crippen molar-refractivity contribution in [2.75, 3.05) is 0 Å². The Morgan fingerprint density at radius 1 is 0.556 bits per heavy atom. The van der Waals surface area contributed by atoms with E-state index in [9.17, 15) is 0 Å². The van der Waals surface area contributed by atoms with E-state index in [1.54, 1.807) is 0 Å². The van der Waals surface area contributed by atoms with E-state index in [1.165, 1.54) is 0 Å². The molecule has 0 saturated carbocycles. The van der Waals surface area contributed by atoms with Crippen molar-refractivity contribution in [1.29, 1.82) is 0 Å². The number of rotatable bonds is 0. The van der Waals surface area contributed by atoms with Crippen LogP contribution in [0.4, 0.5) is 0 Å². The molecule has 0 aromatic carbocycles. The maximum absolute atomic E-state index is 8.87. The van der Waals surface area contributed by atoms with Gasteiger partial charge >= 0.3 is 34.7 Å². The average molecular weight is 415 g/mol. The fourth-order valence-electron chi connectivity index (χ4n) is 0. The molecule has 0 radical (unpaired) electrons. The summed E-state index contributed by atoms with van der Waals surface area (Å²) in [5.74, 6) is 0. The van der Waals surface area contributed by atoms with Crippen LogP contribution in [0.1, 0.15) is 0 Å². The van der Waals surface area contributed by atoms with Gasteiger partial charge < -0.3 is 48.5 Å².